The quantitative estimate of drug-likeness (QED) is 0.580. The highest BCUT2D eigenvalue weighted by Crippen LogP contribution is 1.97. The molecular formula is C10H24N2O2S. The van der Waals surface area contributed by atoms with Gasteiger partial charge in [-0.25, -0.2) is 0 Å². The van der Waals surface area contributed by atoms with Gasteiger partial charge in [-0.2, -0.15) is 11.8 Å². The number of rotatable bonds is 7. The summed E-state index contributed by atoms with van der Waals surface area (Å²) in [5, 5.41) is 8.27. The molecule has 4 nitrogen and oxygen atoms in total. The normalized spacial score (nSPS) is 11.5. The smallest absolute Gasteiger partial charge is 0.320 e. The molecule has 0 aromatic carbocycles. The number of hydrogen-bond acceptors (Lipinski definition) is 4. The van der Waals surface area contributed by atoms with Crippen molar-refractivity contribution in [2.75, 3.05) is 18.6 Å². The van der Waals surface area contributed by atoms with Gasteiger partial charge in [-0.3, -0.25) is 4.79 Å². The van der Waals surface area contributed by atoms with Crippen LogP contribution >= 0.6 is 11.8 Å². The molecule has 0 aliphatic rings. The predicted octanol–water partition coefficient (Wildman–Crippen LogP) is 1.29. The Bertz CT molecular complexity index is 141. The van der Waals surface area contributed by atoms with Gasteiger partial charge in [0.2, 0.25) is 0 Å². The van der Waals surface area contributed by atoms with Crippen LogP contribution in [0.3, 0.4) is 0 Å². The maximum absolute atomic E-state index is 10.1. The summed E-state index contributed by atoms with van der Waals surface area (Å²) in [4.78, 5) is 10.1. The van der Waals surface area contributed by atoms with E-state index in [9.17, 15) is 4.79 Å². The average Bonchev–Trinajstić information content (AvgIpc) is 2.23. The Morgan fingerprint density at radius 2 is 2.07 bits per heavy atom. The van der Waals surface area contributed by atoms with Crippen molar-refractivity contribution in [3.8, 4) is 0 Å². The fourth-order valence-corrected chi connectivity index (χ4v) is 1.25. The number of carboxylic acid groups (broad SMARTS) is 1. The van der Waals surface area contributed by atoms with Crippen molar-refractivity contribution in [1.29, 1.82) is 0 Å². The molecule has 15 heavy (non-hydrogen) atoms. The van der Waals surface area contributed by atoms with Gasteiger partial charge in [0.05, 0.1) is 0 Å². The van der Waals surface area contributed by atoms with E-state index in [0.29, 0.717) is 6.42 Å². The van der Waals surface area contributed by atoms with Crippen molar-refractivity contribution in [2.24, 2.45) is 11.5 Å². The summed E-state index contributed by atoms with van der Waals surface area (Å²) in [5.41, 5.74) is 10.4. The number of thioether (sulfide) groups is 1. The fourth-order valence-electron chi connectivity index (χ4n) is 0.763. The Balaban J connectivity index is 0. The second-order valence-electron chi connectivity index (χ2n) is 3.22. The topological polar surface area (TPSA) is 89.3 Å². The zero-order valence-corrected chi connectivity index (χ0v) is 10.6. The standard InChI is InChI=1S/C5H11NO2S.C5H13N/c1-9-3-2-4(6)5(7)8;1-2-3-4-5-6/h4H,2-3,6H2,1H3,(H,7,8);2-6H2,1H3. The lowest BCUT2D eigenvalue weighted by Crippen LogP contribution is -2.30. The maximum atomic E-state index is 10.1. The third-order valence-corrected chi connectivity index (χ3v) is 2.40. The zero-order chi connectivity index (χ0) is 12.1. The van der Waals surface area contributed by atoms with Gasteiger partial charge in [0.25, 0.3) is 0 Å². The molecule has 0 radical (unpaired) electrons. The first-order valence-electron chi connectivity index (χ1n) is 5.27. The molecule has 0 saturated heterocycles. The SMILES string of the molecule is CCCCCN.CSCCC(N)C(=O)O. The van der Waals surface area contributed by atoms with Crippen molar-refractivity contribution in [3.05, 3.63) is 0 Å². The highest BCUT2D eigenvalue weighted by atomic mass is 32.2. The van der Waals surface area contributed by atoms with Crippen molar-refractivity contribution >= 4 is 17.7 Å². The van der Waals surface area contributed by atoms with Crippen molar-refractivity contribution < 1.29 is 9.90 Å². The molecule has 0 heterocycles. The average molecular weight is 236 g/mol. The molecule has 0 fully saturated rings. The van der Waals surface area contributed by atoms with Crippen LogP contribution < -0.4 is 11.5 Å². The Morgan fingerprint density at radius 1 is 1.47 bits per heavy atom. The van der Waals surface area contributed by atoms with E-state index in [1.54, 1.807) is 11.8 Å². The first-order valence-corrected chi connectivity index (χ1v) is 6.66. The van der Waals surface area contributed by atoms with Crippen LogP contribution in [0.5, 0.6) is 0 Å². The highest BCUT2D eigenvalue weighted by Gasteiger charge is 2.08. The Morgan fingerprint density at radius 3 is 2.33 bits per heavy atom. The van der Waals surface area contributed by atoms with Crippen LogP contribution in [0, 0.1) is 0 Å². The van der Waals surface area contributed by atoms with Gasteiger partial charge >= 0.3 is 5.97 Å². The Labute approximate surface area is 96.8 Å². The molecule has 0 amide bonds. The molecule has 0 aromatic heterocycles. The number of carbonyl (C=O) groups is 1. The first-order chi connectivity index (χ1) is 7.09. The summed E-state index contributed by atoms with van der Waals surface area (Å²) in [7, 11) is 0. The molecule has 0 spiro atoms. The molecular weight excluding hydrogens is 212 g/mol. The number of hydrogen-bond donors (Lipinski definition) is 3. The zero-order valence-electron chi connectivity index (χ0n) is 9.74. The molecule has 0 bridgehead atoms. The second kappa shape index (κ2) is 13.7. The van der Waals surface area contributed by atoms with Crippen LogP contribution in [0.1, 0.15) is 32.6 Å². The number of aliphatic carboxylic acids is 1. The van der Waals surface area contributed by atoms with Crippen LogP contribution in [-0.4, -0.2) is 35.7 Å². The summed E-state index contributed by atoms with van der Waals surface area (Å²) in [5.74, 6) is -0.1000. The van der Waals surface area contributed by atoms with Gasteiger partial charge in [-0.15, -0.1) is 0 Å². The minimum absolute atomic E-state index is 0.552. The summed E-state index contributed by atoms with van der Waals surface area (Å²) in [6, 6.07) is -0.683. The van der Waals surface area contributed by atoms with Gasteiger partial charge in [0, 0.05) is 0 Å². The second-order valence-corrected chi connectivity index (χ2v) is 4.21. The van der Waals surface area contributed by atoms with Gasteiger partial charge in [0.15, 0.2) is 0 Å². The Hall–Kier alpha value is -0.260. The molecule has 0 rings (SSSR count). The van der Waals surface area contributed by atoms with E-state index in [4.69, 9.17) is 16.6 Å². The molecule has 92 valence electrons. The lowest BCUT2D eigenvalue weighted by Gasteiger charge is -2.02. The fraction of sp³-hybridized carbons (Fsp3) is 0.900. The number of nitrogens with two attached hydrogens (primary N) is 2. The van der Waals surface area contributed by atoms with Crippen LogP contribution in [0.25, 0.3) is 0 Å². The monoisotopic (exact) mass is 236 g/mol. The van der Waals surface area contributed by atoms with E-state index in [1.165, 1.54) is 19.3 Å². The lowest BCUT2D eigenvalue weighted by molar-refractivity contribution is -0.138. The van der Waals surface area contributed by atoms with Gasteiger partial charge < -0.3 is 16.6 Å². The third-order valence-electron chi connectivity index (χ3n) is 1.76. The lowest BCUT2D eigenvalue weighted by atomic mass is 10.2. The molecule has 1 unspecified atom stereocenters. The van der Waals surface area contributed by atoms with Gasteiger partial charge in [-0.1, -0.05) is 19.8 Å². The summed E-state index contributed by atoms with van der Waals surface area (Å²) in [6.45, 7) is 3.03. The molecule has 0 aliphatic carbocycles. The molecule has 5 N–H and O–H groups in total. The molecule has 1 atom stereocenters. The molecule has 0 saturated carbocycles. The predicted molar refractivity (Wildman–Crippen MR) is 67.2 cm³/mol. The largest absolute Gasteiger partial charge is 0.480 e. The van der Waals surface area contributed by atoms with Crippen LogP contribution in [0.2, 0.25) is 0 Å². The van der Waals surface area contributed by atoms with E-state index in [2.05, 4.69) is 6.92 Å². The van der Waals surface area contributed by atoms with Crippen LogP contribution in [0.4, 0.5) is 0 Å². The van der Waals surface area contributed by atoms with Gasteiger partial charge in [0.1, 0.15) is 6.04 Å². The minimum Gasteiger partial charge on any atom is -0.480 e. The molecule has 5 heteroatoms. The van der Waals surface area contributed by atoms with E-state index < -0.39 is 12.0 Å². The summed E-state index contributed by atoms with van der Waals surface area (Å²) < 4.78 is 0. The molecule has 0 aliphatic heterocycles. The van der Waals surface area contributed by atoms with E-state index >= 15 is 0 Å². The minimum atomic E-state index is -0.913. The number of unbranched alkanes of at least 4 members (excludes halogenated alkanes) is 2. The Kier molecular flexibility index (Phi) is 15.7. The summed E-state index contributed by atoms with van der Waals surface area (Å²) in [6.07, 6.45) is 6.23. The van der Waals surface area contributed by atoms with E-state index in [1.807, 2.05) is 6.26 Å². The highest BCUT2D eigenvalue weighted by molar-refractivity contribution is 7.98. The van der Waals surface area contributed by atoms with Crippen molar-refractivity contribution in [2.45, 2.75) is 38.6 Å². The number of carboxylic acids is 1. The van der Waals surface area contributed by atoms with Crippen LogP contribution in [0.15, 0.2) is 0 Å². The van der Waals surface area contributed by atoms with Crippen molar-refractivity contribution in [1.82, 2.24) is 0 Å². The van der Waals surface area contributed by atoms with Crippen LogP contribution in [-0.2, 0) is 4.79 Å². The van der Waals surface area contributed by atoms with Crippen molar-refractivity contribution in [3.63, 3.8) is 0 Å². The first kappa shape index (κ1) is 17.1. The van der Waals surface area contributed by atoms with E-state index in [0.717, 1.165) is 12.3 Å². The maximum Gasteiger partial charge on any atom is 0.320 e. The third kappa shape index (κ3) is 16.4. The van der Waals surface area contributed by atoms with E-state index in [-0.39, 0.29) is 0 Å². The molecule has 0 aromatic rings. The van der Waals surface area contributed by atoms with Gasteiger partial charge in [-0.05, 0) is 31.4 Å². The summed E-state index contributed by atoms with van der Waals surface area (Å²) >= 11 is 1.60.